The van der Waals surface area contributed by atoms with Crippen molar-refractivity contribution < 1.29 is 17.9 Å². The molecule has 2 N–H and O–H groups in total. The Balaban J connectivity index is 3.08. The number of primary sulfonamides is 1. The van der Waals surface area contributed by atoms with E-state index in [1.165, 1.54) is 6.07 Å². The minimum atomic E-state index is -3.91. The molecule has 0 saturated heterocycles. The van der Waals surface area contributed by atoms with Crippen molar-refractivity contribution in [2.75, 3.05) is 13.7 Å². The van der Waals surface area contributed by atoms with Crippen LogP contribution >= 0.6 is 23.2 Å². The lowest BCUT2D eigenvalue weighted by Crippen LogP contribution is -2.18. The first-order chi connectivity index (χ1) is 8.25. The summed E-state index contributed by atoms with van der Waals surface area (Å²) in [5.74, 6) is 0.276. The third kappa shape index (κ3) is 4.00. The number of methoxy groups -OCH3 is 1. The number of rotatable bonds is 5. The molecule has 102 valence electrons. The van der Waals surface area contributed by atoms with Crippen molar-refractivity contribution in [1.29, 1.82) is 0 Å². The van der Waals surface area contributed by atoms with Crippen LogP contribution in [0, 0.1) is 0 Å². The van der Waals surface area contributed by atoms with Crippen molar-refractivity contribution in [2.24, 2.45) is 5.14 Å². The van der Waals surface area contributed by atoms with Crippen LogP contribution in [0.5, 0.6) is 5.75 Å². The third-order valence-electron chi connectivity index (χ3n) is 2.02. The molecule has 0 fully saturated rings. The molecule has 0 aromatic heterocycles. The Morgan fingerprint density at radius 1 is 1.33 bits per heavy atom. The van der Waals surface area contributed by atoms with E-state index in [0.717, 1.165) is 6.07 Å². The smallest absolute Gasteiger partial charge is 0.239 e. The normalized spacial score (nSPS) is 13.4. The van der Waals surface area contributed by atoms with Crippen LogP contribution in [-0.4, -0.2) is 28.2 Å². The highest BCUT2D eigenvalue weighted by molar-refractivity contribution is 7.89. The zero-order valence-corrected chi connectivity index (χ0v) is 12.1. The van der Waals surface area contributed by atoms with E-state index in [0.29, 0.717) is 6.61 Å². The molecule has 1 unspecified atom stereocenters. The van der Waals surface area contributed by atoms with Crippen molar-refractivity contribution in [3.8, 4) is 5.75 Å². The number of sulfonamides is 1. The van der Waals surface area contributed by atoms with Gasteiger partial charge in [0.2, 0.25) is 10.0 Å². The molecule has 0 radical (unpaired) electrons. The topological polar surface area (TPSA) is 78.6 Å². The van der Waals surface area contributed by atoms with Gasteiger partial charge in [-0.15, -0.1) is 0 Å². The standard InChI is InChI=1S/C10H13Cl2NO4S/c1-6(5-16-2)17-9-3-8(12)10(4-7(9)11)18(13,14)15/h3-4,6H,5H2,1-2H3,(H2,13,14,15). The average molecular weight is 314 g/mol. The summed E-state index contributed by atoms with van der Waals surface area (Å²) in [6.45, 7) is 2.15. The second-order valence-corrected chi connectivity index (χ2v) is 5.99. The minimum Gasteiger partial charge on any atom is -0.487 e. The first kappa shape index (κ1) is 15.5. The maximum Gasteiger partial charge on any atom is 0.239 e. The summed E-state index contributed by atoms with van der Waals surface area (Å²) in [4.78, 5) is -0.235. The van der Waals surface area contributed by atoms with Crippen LogP contribution in [0.1, 0.15) is 6.92 Å². The molecule has 18 heavy (non-hydrogen) atoms. The van der Waals surface area contributed by atoms with Crippen LogP contribution in [0.15, 0.2) is 17.0 Å². The summed E-state index contributed by atoms with van der Waals surface area (Å²) in [6.07, 6.45) is -0.246. The Labute approximate surface area is 116 Å². The van der Waals surface area contributed by atoms with Gasteiger partial charge in [-0.2, -0.15) is 0 Å². The van der Waals surface area contributed by atoms with Crippen LogP contribution in [-0.2, 0) is 14.8 Å². The Bertz CT molecular complexity index is 533. The number of halogens is 2. The lowest BCUT2D eigenvalue weighted by Gasteiger charge is -2.15. The molecule has 1 aromatic carbocycles. The minimum absolute atomic E-state index is 0.0403. The van der Waals surface area contributed by atoms with Crippen LogP contribution in [0.4, 0.5) is 0 Å². The van der Waals surface area contributed by atoms with Gasteiger partial charge in [0.05, 0.1) is 16.7 Å². The highest BCUT2D eigenvalue weighted by atomic mass is 35.5. The summed E-state index contributed by atoms with van der Waals surface area (Å²) >= 11 is 11.7. The van der Waals surface area contributed by atoms with Gasteiger partial charge in [0.1, 0.15) is 16.7 Å². The van der Waals surface area contributed by atoms with Crippen molar-refractivity contribution in [3.05, 3.63) is 22.2 Å². The zero-order chi connectivity index (χ0) is 13.9. The number of hydrogen-bond acceptors (Lipinski definition) is 4. The Kier molecular flexibility index (Phi) is 5.24. The molecule has 0 aliphatic rings. The van der Waals surface area contributed by atoms with Crippen molar-refractivity contribution >= 4 is 33.2 Å². The van der Waals surface area contributed by atoms with Crippen molar-refractivity contribution in [1.82, 2.24) is 0 Å². The van der Waals surface area contributed by atoms with Gasteiger partial charge >= 0.3 is 0 Å². The predicted octanol–water partition coefficient (Wildman–Crippen LogP) is 2.05. The van der Waals surface area contributed by atoms with E-state index >= 15 is 0 Å². The maximum absolute atomic E-state index is 11.2. The number of nitrogens with two attached hydrogens (primary N) is 1. The first-order valence-corrected chi connectivity index (χ1v) is 7.23. The largest absolute Gasteiger partial charge is 0.487 e. The molecular formula is C10H13Cl2NO4S. The molecular weight excluding hydrogens is 301 g/mol. The van der Waals surface area contributed by atoms with Crippen LogP contribution in [0.3, 0.4) is 0 Å². The summed E-state index contributed by atoms with van der Waals surface area (Å²) in [7, 11) is -2.37. The second-order valence-electron chi connectivity index (χ2n) is 3.64. The molecule has 5 nitrogen and oxygen atoms in total. The van der Waals surface area contributed by atoms with Gasteiger partial charge in [-0.3, -0.25) is 0 Å². The van der Waals surface area contributed by atoms with E-state index < -0.39 is 10.0 Å². The predicted molar refractivity (Wildman–Crippen MR) is 69.8 cm³/mol. The van der Waals surface area contributed by atoms with Gasteiger partial charge in [-0.25, -0.2) is 13.6 Å². The molecule has 0 spiro atoms. The Hall–Kier alpha value is -0.530. The van der Waals surface area contributed by atoms with Crippen LogP contribution in [0.2, 0.25) is 10.0 Å². The zero-order valence-electron chi connectivity index (χ0n) is 9.81. The monoisotopic (exact) mass is 313 g/mol. The molecule has 0 bridgehead atoms. The van der Waals surface area contributed by atoms with Crippen LogP contribution in [0.25, 0.3) is 0 Å². The maximum atomic E-state index is 11.2. The fraction of sp³-hybridized carbons (Fsp3) is 0.400. The van der Waals surface area contributed by atoms with E-state index in [1.54, 1.807) is 14.0 Å². The number of ether oxygens (including phenoxy) is 2. The Morgan fingerprint density at radius 2 is 1.94 bits per heavy atom. The quantitative estimate of drug-likeness (QED) is 0.902. The number of hydrogen-bond donors (Lipinski definition) is 1. The molecule has 0 aliphatic carbocycles. The SMILES string of the molecule is COCC(C)Oc1cc(Cl)c(S(N)(=O)=O)cc1Cl. The van der Waals surface area contributed by atoms with E-state index in [-0.39, 0.29) is 26.8 Å². The summed E-state index contributed by atoms with van der Waals surface area (Å²) < 4.78 is 32.8. The van der Waals surface area contributed by atoms with E-state index in [1.807, 2.05) is 0 Å². The summed E-state index contributed by atoms with van der Waals surface area (Å²) in [5, 5.41) is 5.07. The molecule has 1 atom stereocenters. The molecule has 0 aliphatic heterocycles. The lowest BCUT2D eigenvalue weighted by atomic mass is 10.3. The van der Waals surface area contributed by atoms with E-state index in [2.05, 4.69) is 0 Å². The van der Waals surface area contributed by atoms with E-state index in [9.17, 15) is 8.42 Å². The fourth-order valence-electron chi connectivity index (χ4n) is 1.30. The lowest BCUT2D eigenvalue weighted by molar-refractivity contribution is 0.0921. The first-order valence-electron chi connectivity index (χ1n) is 4.93. The molecule has 0 saturated carbocycles. The number of benzene rings is 1. The van der Waals surface area contributed by atoms with Crippen molar-refractivity contribution in [2.45, 2.75) is 17.9 Å². The average Bonchev–Trinajstić information content (AvgIpc) is 2.21. The summed E-state index contributed by atoms with van der Waals surface area (Å²) in [6, 6.07) is 2.48. The Morgan fingerprint density at radius 3 is 2.44 bits per heavy atom. The van der Waals surface area contributed by atoms with Gasteiger partial charge in [-0.05, 0) is 13.0 Å². The second kappa shape index (κ2) is 6.08. The van der Waals surface area contributed by atoms with Gasteiger partial charge in [0.25, 0.3) is 0 Å². The molecule has 8 heteroatoms. The fourth-order valence-corrected chi connectivity index (χ4v) is 2.67. The molecule has 1 rings (SSSR count). The third-order valence-corrected chi connectivity index (χ3v) is 3.69. The highest BCUT2D eigenvalue weighted by Gasteiger charge is 2.17. The van der Waals surface area contributed by atoms with Gasteiger partial charge < -0.3 is 9.47 Å². The molecule has 1 aromatic rings. The van der Waals surface area contributed by atoms with Gasteiger partial charge in [-0.1, -0.05) is 23.2 Å². The molecule has 0 heterocycles. The van der Waals surface area contributed by atoms with E-state index in [4.69, 9.17) is 37.8 Å². The highest BCUT2D eigenvalue weighted by Crippen LogP contribution is 2.33. The summed E-state index contributed by atoms with van der Waals surface area (Å²) in [5.41, 5.74) is 0. The molecule has 0 amide bonds. The van der Waals surface area contributed by atoms with Gasteiger partial charge in [0, 0.05) is 13.2 Å². The van der Waals surface area contributed by atoms with Gasteiger partial charge in [0.15, 0.2) is 0 Å². The van der Waals surface area contributed by atoms with Crippen molar-refractivity contribution in [3.63, 3.8) is 0 Å². The van der Waals surface area contributed by atoms with Crippen LogP contribution < -0.4 is 9.88 Å².